The number of carbonyl (C=O) groups excluding carboxylic acids is 2. The van der Waals surface area contributed by atoms with Crippen LogP contribution < -0.4 is 4.74 Å². The molecule has 3 rings (SSSR count). The molecule has 1 fully saturated rings. The molecular formula is C21H19BrO5. The molecule has 140 valence electrons. The van der Waals surface area contributed by atoms with Gasteiger partial charge in [0, 0.05) is 23.9 Å². The molecule has 27 heavy (non-hydrogen) atoms. The molecule has 0 saturated carbocycles. The summed E-state index contributed by atoms with van der Waals surface area (Å²) in [5, 5.41) is 0. The second-order valence-corrected chi connectivity index (χ2v) is 7.61. The molecule has 0 spiro atoms. The lowest BCUT2D eigenvalue weighted by Gasteiger charge is -2.29. The summed E-state index contributed by atoms with van der Waals surface area (Å²) in [7, 11) is 0. The Kier molecular flexibility index (Phi) is 5.37. The third-order valence-electron chi connectivity index (χ3n) is 3.87. The monoisotopic (exact) mass is 430 g/mol. The number of cyclic esters (lactones) is 2. The quantitative estimate of drug-likeness (QED) is 0.404. The topological polar surface area (TPSA) is 61.8 Å². The lowest BCUT2D eigenvalue weighted by atomic mass is 10.1. The number of rotatable bonds is 4. The third-order valence-corrected chi connectivity index (χ3v) is 4.36. The van der Waals surface area contributed by atoms with Crippen LogP contribution >= 0.6 is 15.9 Å². The Labute approximate surface area is 166 Å². The SMILES string of the molecule is Cc1cccc(COc2ccc(Br)cc2C=C2C(=O)OC(C)(C)OC2=O)c1. The van der Waals surface area contributed by atoms with E-state index in [9.17, 15) is 9.59 Å². The highest BCUT2D eigenvalue weighted by atomic mass is 79.9. The van der Waals surface area contributed by atoms with Crippen molar-refractivity contribution < 1.29 is 23.8 Å². The first-order chi connectivity index (χ1) is 12.7. The zero-order chi connectivity index (χ0) is 19.6. The van der Waals surface area contributed by atoms with Crippen molar-refractivity contribution in [3.05, 3.63) is 69.2 Å². The van der Waals surface area contributed by atoms with Gasteiger partial charge in [-0.1, -0.05) is 45.8 Å². The minimum atomic E-state index is -1.27. The molecule has 5 nitrogen and oxygen atoms in total. The van der Waals surface area contributed by atoms with Crippen molar-refractivity contribution in [3.63, 3.8) is 0 Å². The molecular weight excluding hydrogens is 412 g/mol. The van der Waals surface area contributed by atoms with E-state index in [0.717, 1.165) is 15.6 Å². The molecule has 0 atom stereocenters. The lowest BCUT2D eigenvalue weighted by Crippen LogP contribution is -2.41. The van der Waals surface area contributed by atoms with Crippen LogP contribution in [0.4, 0.5) is 0 Å². The van der Waals surface area contributed by atoms with E-state index in [2.05, 4.69) is 15.9 Å². The Bertz CT molecular complexity index is 908. The fraction of sp³-hybridized carbons (Fsp3) is 0.238. The van der Waals surface area contributed by atoms with Crippen molar-refractivity contribution in [2.45, 2.75) is 33.2 Å². The van der Waals surface area contributed by atoms with Gasteiger partial charge in [-0.2, -0.15) is 0 Å². The van der Waals surface area contributed by atoms with E-state index in [4.69, 9.17) is 14.2 Å². The first kappa shape index (κ1) is 19.2. The average molecular weight is 431 g/mol. The van der Waals surface area contributed by atoms with E-state index in [-0.39, 0.29) is 5.57 Å². The number of hydrogen-bond acceptors (Lipinski definition) is 5. The van der Waals surface area contributed by atoms with Crippen molar-refractivity contribution in [1.82, 2.24) is 0 Å². The Hall–Kier alpha value is -2.60. The number of aryl methyl sites for hydroxylation is 1. The van der Waals surface area contributed by atoms with Crippen LogP contribution in [0.25, 0.3) is 6.08 Å². The predicted molar refractivity (Wildman–Crippen MR) is 104 cm³/mol. The molecule has 0 aliphatic carbocycles. The summed E-state index contributed by atoms with van der Waals surface area (Å²) in [5.74, 6) is -2.17. The highest BCUT2D eigenvalue weighted by molar-refractivity contribution is 9.10. The van der Waals surface area contributed by atoms with Crippen LogP contribution in [0, 0.1) is 6.92 Å². The van der Waals surface area contributed by atoms with Gasteiger partial charge in [0.15, 0.2) is 0 Å². The van der Waals surface area contributed by atoms with E-state index in [1.165, 1.54) is 19.9 Å². The summed E-state index contributed by atoms with van der Waals surface area (Å²) >= 11 is 3.40. The van der Waals surface area contributed by atoms with Crippen molar-refractivity contribution in [3.8, 4) is 5.75 Å². The van der Waals surface area contributed by atoms with Crippen LogP contribution in [0.15, 0.2) is 52.5 Å². The summed E-state index contributed by atoms with van der Waals surface area (Å²) in [6.45, 7) is 5.40. The van der Waals surface area contributed by atoms with E-state index in [0.29, 0.717) is 17.9 Å². The lowest BCUT2D eigenvalue weighted by molar-refractivity contribution is -0.222. The van der Waals surface area contributed by atoms with Gasteiger partial charge in [-0.25, -0.2) is 9.59 Å². The molecule has 1 saturated heterocycles. The van der Waals surface area contributed by atoms with E-state index in [1.807, 2.05) is 37.3 Å². The molecule has 0 amide bonds. The van der Waals surface area contributed by atoms with Crippen LogP contribution in [0.3, 0.4) is 0 Å². The summed E-state index contributed by atoms with van der Waals surface area (Å²) < 4.78 is 17.0. The fourth-order valence-corrected chi connectivity index (χ4v) is 3.04. The normalized spacial score (nSPS) is 15.8. The average Bonchev–Trinajstić information content (AvgIpc) is 2.56. The van der Waals surface area contributed by atoms with Gasteiger partial charge in [-0.05, 0) is 36.8 Å². The molecule has 2 aromatic rings. The summed E-state index contributed by atoms with van der Waals surface area (Å²) in [6, 6.07) is 13.4. The maximum Gasteiger partial charge on any atom is 0.348 e. The third kappa shape index (κ3) is 4.77. The fourth-order valence-electron chi connectivity index (χ4n) is 2.66. The number of ether oxygens (including phenoxy) is 3. The van der Waals surface area contributed by atoms with Crippen molar-refractivity contribution in [1.29, 1.82) is 0 Å². The molecule has 1 aliphatic heterocycles. The molecule has 0 radical (unpaired) electrons. The van der Waals surface area contributed by atoms with E-state index < -0.39 is 17.7 Å². The van der Waals surface area contributed by atoms with Gasteiger partial charge >= 0.3 is 11.9 Å². The molecule has 0 N–H and O–H groups in total. The molecule has 6 heteroatoms. The van der Waals surface area contributed by atoms with Crippen LogP contribution in [0.2, 0.25) is 0 Å². The maximum atomic E-state index is 12.2. The number of halogens is 1. The minimum absolute atomic E-state index is 0.173. The highest BCUT2D eigenvalue weighted by Crippen LogP contribution is 2.29. The standard InChI is InChI=1S/C21H19BrO5/c1-13-5-4-6-14(9-13)12-25-18-8-7-16(22)10-15(18)11-17-19(23)26-21(2,3)27-20(17)24/h4-11H,12H2,1-3H3. The second kappa shape index (κ2) is 7.56. The van der Waals surface area contributed by atoms with Crippen LogP contribution in [-0.2, 0) is 25.7 Å². The van der Waals surface area contributed by atoms with Gasteiger partial charge < -0.3 is 14.2 Å². The van der Waals surface area contributed by atoms with Gasteiger partial charge in [0.2, 0.25) is 0 Å². The van der Waals surface area contributed by atoms with Gasteiger partial charge in [-0.15, -0.1) is 0 Å². The molecule has 0 aromatic heterocycles. The molecule has 0 bridgehead atoms. The van der Waals surface area contributed by atoms with Gasteiger partial charge in [0.1, 0.15) is 17.9 Å². The molecule has 1 aliphatic rings. The van der Waals surface area contributed by atoms with Crippen molar-refractivity contribution in [2.75, 3.05) is 0 Å². The summed E-state index contributed by atoms with van der Waals surface area (Å²) in [5.41, 5.74) is 2.56. The Balaban J connectivity index is 1.88. The number of esters is 2. The zero-order valence-corrected chi connectivity index (χ0v) is 16.8. The van der Waals surface area contributed by atoms with Crippen molar-refractivity contribution >= 4 is 33.9 Å². The van der Waals surface area contributed by atoms with E-state index >= 15 is 0 Å². The zero-order valence-electron chi connectivity index (χ0n) is 15.2. The minimum Gasteiger partial charge on any atom is -0.488 e. The van der Waals surface area contributed by atoms with Gasteiger partial charge in [0.25, 0.3) is 5.79 Å². The number of hydrogen-bond donors (Lipinski definition) is 0. The van der Waals surface area contributed by atoms with Crippen molar-refractivity contribution in [2.24, 2.45) is 0 Å². The second-order valence-electron chi connectivity index (χ2n) is 6.70. The predicted octanol–water partition coefficient (Wildman–Crippen LogP) is 4.56. The Morgan fingerprint density at radius 2 is 1.78 bits per heavy atom. The van der Waals surface area contributed by atoms with Gasteiger partial charge in [0.05, 0.1) is 0 Å². The smallest absolute Gasteiger partial charge is 0.348 e. The van der Waals surface area contributed by atoms with Crippen LogP contribution in [-0.4, -0.2) is 17.7 Å². The van der Waals surface area contributed by atoms with E-state index in [1.54, 1.807) is 12.1 Å². The summed E-state index contributed by atoms with van der Waals surface area (Å²) in [6.07, 6.45) is 1.43. The van der Waals surface area contributed by atoms with Gasteiger partial charge in [-0.3, -0.25) is 0 Å². The number of benzene rings is 2. The summed E-state index contributed by atoms with van der Waals surface area (Å²) in [4.78, 5) is 24.4. The maximum absolute atomic E-state index is 12.2. The highest BCUT2D eigenvalue weighted by Gasteiger charge is 2.39. The van der Waals surface area contributed by atoms with Crippen LogP contribution in [0.5, 0.6) is 5.75 Å². The number of carbonyl (C=O) groups is 2. The Morgan fingerprint density at radius 1 is 1.07 bits per heavy atom. The largest absolute Gasteiger partial charge is 0.488 e. The first-order valence-corrected chi connectivity index (χ1v) is 9.19. The molecule has 1 heterocycles. The molecule has 0 unspecified atom stereocenters. The first-order valence-electron chi connectivity index (χ1n) is 8.40. The van der Waals surface area contributed by atoms with Crippen LogP contribution in [0.1, 0.15) is 30.5 Å². The molecule has 2 aromatic carbocycles. The Morgan fingerprint density at radius 3 is 2.44 bits per heavy atom.